The van der Waals surface area contributed by atoms with E-state index in [1.165, 1.54) is 24.4 Å². The van der Waals surface area contributed by atoms with E-state index in [9.17, 15) is 17.6 Å². The minimum atomic E-state index is -3.87. The molecular weight excluding hydrogens is 395 g/mol. The fourth-order valence-electron chi connectivity index (χ4n) is 1.90. The van der Waals surface area contributed by atoms with Gasteiger partial charge in [-0.1, -0.05) is 0 Å². The second-order valence-corrected chi connectivity index (χ2v) is 8.79. The lowest BCUT2D eigenvalue weighted by atomic mass is 10.1. The van der Waals surface area contributed by atoms with Crippen molar-refractivity contribution in [3.05, 3.63) is 56.5 Å². The molecular formula is C13H8BrFN2O3S2. The number of aromatic amines is 1. The quantitative estimate of drug-likeness (QED) is 0.705. The van der Waals surface area contributed by atoms with Gasteiger partial charge in [-0.05, 0) is 45.6 Å². The molecule has 9 heteroatoms. The van der Waals surface area contributed by atoms with Crippen molar-refractivity contribution in [1.82, 2.24) is 4.98 Å². The van der Waals surface area contributed by atoms with E-state index in [0.29, 0.717) is 14.6 Å². The van der Waals surface area contributed by atoms with Crippen LogP contribution in [0.3, 0.4) is 0 Å². The monoisotopic (exact) mass is 402 g/mol. The maximum Gasteiger partial charge on any atom is 0.271 e. The van der Waals surface area contributed by atoms with E-state index < -0.39 is 15.8 Å². The fraction of sp³-hybridized carbons (Fsp3) is 0. The molecule has 2 aromatic heterocycles. The summed E-state index contributed by atoms with van der Waals surface area (Å²) in [7, 11) is -3.87. The first-order chi connectivity index (χ1) is 10.3. The highest BCUT2D eigenvalue weighted by atomic mass is 79.9. The van der Waals surface area contributed by atoms with Crippen LogP contribution in [0.15, 0.2) is 49.3 Å². The van der Waals surface area contributed by atoms with Gasteiger partial charge in [0.1, 0.15) is 10.0 Å². The van der Waals surface area contributed by atoms with Gasteiger partial charge < -0.3 is 4.98 Å². The zero-order valence-corrected chi connectivity index (χ0v) is 14.0. The zero-order valence-electron chi connectivity index (χ0n) is 10.8. The number of rotatable bonds is 3. The van der Waals surface area contributed by atoms with Gasteiger partial charge in [-0.2, -0.15) is 0 Å². The molecule has 0 aliphatic rings. The third kappa shape index (κ3) is 2.92. The molecule has 0 aliphatic heterocycles. The van der Waals surface area contributed by atoms with Gasteiger partial charge in [0, 0.05) is 17.6 Å². The van der Waals surface area contributed by atoms with E-state index >= 15 is 0 Å². The number of thiophene rings is 1. The Bertz CT molecular complexity index is 1030. The van der Waals surface area contributed by atoms with E-state index in [4.69, 9.17) is 0 Å². The number of sulfonamides is 1. The summed E-state index contributed by atoms with van der Waals surface area (Å²) < 4.78 is 41.4. The molecule has 0 radical (unpaired) electrons. The molecule has 0 spiro atoms. The molecule has 114 valence electrons. The Morgan fingerprint density at radius 1 is 1.18 bits per heavy atom. The number of benzene rings is 1. The van der Waals surface area contributed by atoms with Crippen molar-refractivity contribution in [2.45, 2.75) is 4.21 Å². The normalized spacial score (nSPS) is 11.7. The lowest BCUT2D eigenvalue weighted by Gasteiger charge is -2.08. The Balaban J connectivity index is 2.05. The predicted molar refractivity (Wildman–Crippen MR) is 87.4 cm³/mol. The topological polar surface area (TPSA) is 79.0 Å². The largest absolute Gasteiger partial charge is 0.328 e. The van der Waals surface area contributed by atoms with Gasteiger partial charge in [0.25, 0.3) is 10.0 Å². The molecule has 0 saturated carbocycles. The molecule has 2 N–H and O–H groups in total. The molecule has 22 heavy (non-hydrogen) atoms. The lowest BCUT2D eigenvalue weighted by molar-refractivity contribution is 0.600. The third-order valence-corrected chi connectivity index (χ3v) is 6.37. The number of hydrogen-bond acceptors (Lipinski definition) is 4. The molecule has 0 atom stereocenters. The summed E-state index contributed by atoms with van der Waals surface area (Å²) in [5.74, 6) is -0.753. The molecule has 0 unspecified atom stereocenters. The molecule has 3 aromatic rings. The first-order valence-electron chi connectivity index (χ1n) is 5.95. The predicted octanol–water partition coefficient (Wildman–Crippen LogP) is 3.29. The van der Waals surface area contributed by atoms with E-state index in [1.54, 1.807) is 6.07 Å². The standard InChI is InChI=1S/C13H8BrFN2O3S2/c14-11-1-2-13(21-11)22(19,20)17-10-4-8-6-16-12(18)5-7(8)3-9(10)15/h1-6,17H,(H,16,18). The molecule has 0 fully saturated rings. The van der Waals surface area contributed by atoms with Crippen molar-refractivity contribution in [2.24, 2.45) is 0 Å². The second-order valence-electron chi connectivity index (χ2n) is 4.42. The molecule has 5 nitrogen and oxygen atoms in total. The molecule has 3 rings (SSSR count). The Labute approximate surface area is 137 Å². The number of nitrogens with one attached hydrogen (secondary N) is 2. The first kappa shape index (κ1) is 15.2. The van der Waals surface area contributed by atoms with Gasteiger partial charge in [0.15, 0.2) is 0 Å². The van der Waals surface area contributed by atoms with Crippen LogP contribution in [0.1, 0.15) is 0 Å². The van der Waals surface area contributed by atoms with Crippen molar-refractivity contribution in [2.75, 3.05) is 4.72 Å². The van der Waals surface area contributed by atoms with Crippen LogP contribution in [0.25, 0.3) is 10.8 Å². The van der Waals surface area contributed by atoms with Crippen molar-refractivity contribution >= 4 is 53.7 Å². The van der Waals surface area contributed by atoms with E-state index in [1.807, 2.05) is 0 Å². The van der Waals surface area contributed by atoms with E-state index in [-0.39, 0.29) is 15.5 Å². The summed E-state index contributed by atoms with van der Waals surface area (Å²) in [5, 5.41) is 0.911. The smallest absolute Gasteiger partial charge is 0.271 e. The summed E-state index contributed by atoms with van der Waals surface area (Å²) in [5.41, 5.74) is -0.535. The number of anilines is 1. The van der Waals surface area contributed by atoms with Crippen LogP contribution in [0.2, 0.25) is 0 Å². The van der Waals surface area contributed by atoms with Gasteiger partial charge in [0.05, 0.1) is 9.47 Å². The highest BCUT2D eigenvalue weighted by molar-refractivity contribution is 9.11. The van der Waals surface area contributed by atoms with Crippen molar-refractivity contribution < 1.29 is 12.8 Å². The second kappa shape index (κ2) is 5.49. The van der Waals surface area contributed by atoms with E-state index in [0.717, 1.165) is 17.4 Å². The first-order valence-corrected chi connectivity index (χ1v) is 9.04. The molecule has 0 saturated heterocycles. The van der Waals surface area contributed by atoms with Crippen LogP contribution in [-0.4, -0.2) is 13.4 Å². The van der Waals surface area contributed by atoms with Crippen LogP contribution >= 0.6 is 27.3 Å². The van der Waals surface area contributed by atoms with Crippen molar-refractivity contribution in [3.8, 4) is 0 Å². The lowest BCUT2D eigenvalue weighted by Crippen LogP contribution is -2.13. The van der Waals surface area contributed by atoms with Crippen LogP contribution in [0.5, 0.6) is 0 Å². The Kier molecular flexibility index (Phi) is 3.79. The van der Waals surface area contributed by atoms with Gasteiger partial charge in [-0.15, -0.1) is 11.3 Å². The molecule has 0 aliphatic carbocycles. The van der Waals surface area contributed by atoms with Crippen LogP contribution < -0.4 is 10.3 Å². The van der Waals surface area contributed by atoms with Crippen LogP contribution in [-0.2, 0) is 10.0 Å². The summed E-state index contributed by atoms with van der Waals surface area (Å²) in [6, 6.07) is 6.72. The molecule has 0 amide bonds. The summed E-state index contributed by atoms with van der Waals surface area (Å²) in [4.78, 5) is 13.7. The molecule has 1 aromatic carbocycles. The minimum absolute atomic E-state index is 0.0698. The Hall–Kier alpha value is -1.71. The average Bonchev–Trinajstić information content (AvgIpc) is 2.87. The SMILES string of the molecule is O=c1cc2cc(F)c(NS(=O)(=O)c3ccc(Br)s3)cc2c[nH]1. The highest BCUT2D eigenvalue weighted by Gasteiger charge is 2.19. The Morgan fingerprint density at radius 3 is 2.64 bits per heavy atom. The number of halogens is 2. The number of aromatic nitrogens is 1. The van der Waals surface area contributed by atoms with Crippen molar-refractivity contribution in [1.29, 1.82) is 0 Å². The average molecular weight is 403 g/mol. The third-order valence-electron chi connectivity index (χ3n) is 2.89. The van der Waals surface area contributed by atoms with Crippen molar-refractivity contribution in [3.63, 3.8) is 0 Å². The van der Waals surface area contributed by atoms with Gasteiger partial charge in [-0.3, -0.25) is 9.52 Å². The zero-order chi connectivity index (χ0) is 15.9. The number of fused-ring (bicyclic) bond motifs is 1. The number of H-pyrrole nitrogens is 1. The maximum atomic E-state index is 14.1. The Morgan fingerprint density at radius 2 is 1.95 bits per heavy atom. The summed E-state index contributed by atoms with van der Waals surface area (Å²) in [6.45, 7) is 0. The van der Waals surface area contributed by atoms with Crippen LogP contribution in [0.4, 0.5) is 10.1 Å². The van der Waals surface area contributed by atoms with Crippen LogP contribution in [0, 0.1) is 5.82 Å². The van der Waals surface area contributed by atoms with Gasteiger partial charge in [0.2, 0.25) is 5.56 Å². The highest BCUT2D eigenvalue weighted by Crippen LogP contribution is 2.29. The van der Waals surface area contributed by atoms with E-state index in [2.05, 4.69) is 25.6 Å². The summed E-state index contributed by atoms with van der Waals surface area (Å²) >= 11 is 4.20. The maximum absolute atomic E-state index is 14.1. The molecule has 2 heterocycles. The van der Waals surface area contributed by atoms with Gasteiger partial charge >= 0.3 is 0 Å². The van der Waals surface area contributed by atoms with Gasteiger partial charge in [-0.25, -0.2) is 12.8 Å². The fourth-order valence-corrected chi connectivity index (χ4v) is 4.97. The number of hydrogen-bond donors (Lipinski definition) is 2. The summed E-state index contributed by atoms with van der Waals surface area (Å²) in [6.07, 6.45) is 1.40. The number of pyridine rings is 1. The molecule has 0 bridgehead atoms. The minimum Gasteiger partial charge on any atom is -0.328 e.